The number of thiazole rings is 1. The molecule has 0 saturated carbocycles. The minimum Gasteiger partial charge on any atom is -0.497 e. The summed E-state index contributed by atoms with van der Waals surface area (Å²) in [5.74, 6) is 1.10. The average molecular weight is 397 g/mol. The number of benzene rings is 2. The first kappa shape index (κ1) is 19.2. The highest BCUT2D eigenvalue weighted by Crippen LogP contribution is 2.29. The summed E-state index contributed by atoms with van der Waals surface area (Å²) in [7, 11) is 1.63. The quantitative estimate of drug-likeness (QED) is 0.391. The number of rotatable bonds is 8. The second-order valence-corrected chi connectivity index (χ2v) is 7.53. The summed E-state index contributed by atoms with van der Waals surface area (Å²) in [6.07, 6.45) is 1.72. The van der Waals surface area contributed by atoms with Crippen molar-refractivity contribution in [2.75, 3.05) is 24.3 Å². The van der Waals surface area contributed by atoms with Gasteiger partial charge in [-0.2, -0.15) is 0 Å². The van der Waals surface area contributed by atoms with Gasteiger partial charge < -0.3 is 4.74 Å². The normalized spacial score (nSPS) is 10.4. The topological polar surface area (TPSA) is 42.4 Å². The number of ether oxygens (including phenoxy) is 1. The van der Waals surface area contributed by atoms with Crippen molar-refractivity contribution in [2.24, 2.45) is 0 Å². The van der Waals surface area contributed by atoms with Crippen LogP contribution in [0.1, 0.15) is 0 Å². The Hall–Kier alpha value is -2.57. The van der Waals surface area contributed by atoms with Gasteiger partial charge in [-0.1, -0.05) is 42.5 Å². The smallest absolute Gasteiger partial charge is 0.239 e. The maximum atomic E-state index is 12.8. The summed E-state index contributed by atoms with van der Waals surface area (Å²) >= 11 is 2.95. The summed E-state index contributed by atoms with van der Waals surface area (Å²) in [5.41, 5.74) is 1.91. The molecule has 3 aromatic rings. The van der Waals surface area contributed by atoms with Crippen molar-refractivity contribution < 1.29 is 9.53 Å². The fraction of sp³-hybridized carbons (Fsp3) is 0.143. The van der Waals surface area contributed by atoms with E-state index in [-0.39, 0.29) is 5.91 Å². The van der Waals surface area contributed by atoms with Crippen molar-refractivity contribution >= 4 is 34.1 Å². The van der Waals surface area contributed by atoms with E-state index >= 15 is 0 Å². The molecule has 3 rings (SSSR count). The highest BCUT2D eigenvalue weighted by atomic mass is 32.2. The monoisotopic (exact) mass is 396 g/mol. The zero-order valence-electron chi connectivity index (χ0n) is 15.0. The van der Waals surface area contributed by atoms with Gasteiger partial charge in [-0.05, 0) is 18.2 Å². The second kappa shape index (κ2) is 9.39. The number of aromatic nitrogens is 1. The molecule has 6 heteroatoms. The lowest BCUT2D eigenvalue weighted by molar-refractivity contribution is -0.116. The maximum absolute atomic E-state index is 12.8. The predicted molar refractivity (Wildman–Crippen MR) is 114 cm³/mol. The molecule has 0 bridgehead atoms. The molecule has 0 unspecified atom stereocenters. The zero-order valence-corrected chi connectivity index (χ0v) is 16.6. The van der Waals surface area contributed by atoms with Gasteiger partial charge in [0.1, 0.15) is 5.75 Å². The van der Waals surface area contributed by atoms with Gasteiger partial charge in [0.05, 0.1) is 18.6 Å². The van der Waals surface area contributed by atoms with E-state index in [1.807, 2.05) is 60.0 Å². The molecule has 0 spiro atoms. The first-order valence-electron chi connectivity index (χ1n) is 8.40. The van der Waals surface area contributed by atoms with Crippen LogP contribution < -0.4 is 9.64 Å². The average Bonchev–Trinajstić information content (AvgIpc) is 3.21. The van der Waals surface area contributed by atoms with Crippen LogP contribution >= 0.6 is 23.1 Å². The molecule has 1 aromatic heterocycles. The molecule has 0 atom stereocenters. The van der Waals surface area contributed by atoms with Crippen LogP contribution in [0.3, 0.4) is 0 Å². The van der Waals surface area contributed by atoms with E-state index in [0.717, 1.165) is 21.9 Å². The minimum absolute atomic E-state index is 0.00307. The fourth-order valence-corrected chi connectivity index (χ4v) is 4.14. The van der Waals surface area contributed by atoms with Crippen molar-refractivity contribution in [1.29, 1.82) is 0 Å². The molecule has 0 radical (unpaired) electrons. The summed E-state index contributed by atoms with van der Waals surface area (Å²) in [5, 5.41) is 2.66. The maximum Gasteiger partial charge on any atom is 0.239 e. The molecule has 0 N–H and O–H groups in total. The SMILES string of the molecule is C=CCN(C(=O)CSc1cccc(OC)c1)c1nc(-c2ccccc2)cs1. The Balaban J connectivity index is 1.72. The van der Waals surface area contributed by atoms with Crippen LogP contribution in [-0.2, 0) is 4.79 Å². The Morgan fingerprint density at radius 1 is 1.26 bits per heavy atom. The number of nitrogens with zero attached hydrogens (tertiary/aromatic N) is 2. The van der Waals surface area contributed by atoms with Crippen LogP contribution in [-0.4, -0.2) is 30.3 Å². The standard InChI is InChI=1S/C21H20N2O2S2/c1-3-12-23(20(24)15-26-18-11-7-10-17(13-18)25-2)21-22-19(14-27-21)16-8-5-4-6-9-16/h3-11,13-14H,1,12,15H2,2H3. The van der Waals surface area contributed by atoms with Crippen molar-refractivity contribution in [1.82, 2.24) is 4.98 Å². The van der Waals surface area contributed by atoms with Crippen molar-refractivity contribution in [3.63, 3.8) is 0 Å². The number of carbonyl (C=O) groups excluding carboxylic acids is 1. The van der Waals surface area contributed by atoms with E-state index in [1.54, 1.807) is 18.1 Å². The third-order valence-corrected chi connectivity index (χ3v) is 5.65. The molecule has 1 heterocycles. The highest BCUT2D eigenvalue weighted by Gasteiger charge is 2.18. The van der Waals surface area contributed by atoms with E-state index in [0.29, 0.717) is 17.4 Å². The van der Waals surface area contributed by atoms with Crippen LogP contribution in [0.2, 0.25) is 0 Å². The number of thioether (sulfide) groups is 1. The van der Waals surface area contributed by atoms with Crippen LogP contribution in [0.15, 0.2) is 77.5 Å². The van der Waals surface area contributed by atoms with E-state index < -0.39 is 0 Å². The van der Waals surface area contributed by atoms with Gasteiger partial charge in [0, 0.05) is 22.4 Å². The lowest BCUT2D eigenvalue weighted by Crippen LogP contribution is -2.32. The fourth-order valence-electron chi connectivity index (χ4n) is 2.46. The van der Waals surface area contributed by atoms with Crippen LogP contribution in [0, 0.1) is 0 Å². The van der Waals surface area contributed by atoms with Gasteiger partial charge in [-0.25, -0.2) is 4.98 Å². The minimum atomic E-state index is -0.00307. The van der Waals surface area contributed by atoms with Gasteiger partial charge in [-0.3, -0.25) is 9.69 Å². The molecule has 0 aliphatic heterocycles. The van der Waals surface area contributed by atoms with Gasteiger partial charge in [0.25, 0.3) is 0 Å². The van der Waals surface area contributed by atoms with Gasteiger partial charge in [0.15, 0.2) is 5.13 Å². The third-order valence-electron chi connectivity index (χ3n) is 3.81. The lowest BCUT2D eigenvalue weighted by atomic mass is 10.2. The van der Waals surface area contributed by atoms with Crippen LogP contribution in [0.5, 0.6) is 5.75 Å². The Kier molecular flexibility index (Phi) is 6.68. The number of hydrogen-bond donors (Lipinski definition) is 0. The second-order valence-electron chi connectivity index (χ2n) is 5.64. The number of carbonyl (C=O) groups is 1. The summed E-state index contributed by atoms with van der Waals surface area (Å²) in [6, 6.07) is 17.6. The Labute approximate surface area is 167 Å². The molecule has 27 heavy (non-hydrogen) atoms. The first-order valence-corrected chi connectivity index (χ1v) is 10.3. The van der Waals surface area contributed by atoms with Crippen LogP contribution in [0.25, 0.3) is 11.3 Å². The first-order chi connectivity index (χ1) is 13.2. The Bertz CT molecular complexity index is 909. The Morgan fingerprint density at radius 2 is 2.07 bits per heavy atom. The Morgan fingerprint density at radius 3 is 2.81 bits per heavy atom. The molecule has 0 aliphatic rings. The summed E-state index contributed by atoms with van der Waals surface area (Å²) < 4.78 is 5.23. The molecule has 138 valence electrons. The number of methoxy groups -OCH3 is 1. The predicted octanol–water partition coefficient (Wildman–Crippen LogP) is 5.13. The van der Waals surface area contributed by atoms with Crippen molar-refractivity contribution in [3.05, 3.63) is 72.6 Å². The third kappa shape index (κ3) is 4.99. The van der Waals surface area contributed by atoms with Gasteiger partial charge in [0.2, 0.25) is 5.91 Å². The van der Waals surface area contributed by atoms with Crippen LogP contribution in [0.4, 0.5) is 5.13 Å². The lowest BCUT2D eigenvalue weighted by Gasteiger charge is -2.17. The molecule has 2 aromatic carbocycles. The largest absolute Gasteiger partial charge is 0.497 e. The number of anilines is 1. The summed E-state index contributed by atoms with van der Waals surface area (Å²) in [4.78, 5) is 20.1. The van der Waals surface area contributed by atoms with E-state index in [4.69, 9.17) is 4.74 Å². The highest BCUT2D eigenvalue weighted by molar-refractivity contribution is 8.00. The van der Waals surface area contributed by atoms with E-state index in [1.165, 1.54) is 23.1 Å². The van der Waals surface area contributed by atoms with Gasteiger partial charge in [-0.15, -0.1) is 29.7 Å². The molecule has 4 nitrogen and oxygen atoms in total. The zero-order chi connectivity index (χ0) is 19.1. The molecule has 0 aliphatic carbocycles. The number of hydrogen-bond acceptors (Lipinski definition) is 5. The van der Waals surface area contributed by atoms with Gasteiger partial charge >= 0.3 is 0 Å². The van der Waals surface area contributed by atoms with E-state index in [2.05, 4.69) is 11.6 Å². The molecule has 0 saturated heterocycles. The molecule has 0 fully saturated rings. The molecular formula is C21H20N2O2S2. The molecular weight excluding hydrogens is 376 g/mol. The molecule has 1 amide bonds. The van der Waals surface area contributed by atoms with E-state index in [9.17, 15) is 4.79 Å². The number of amides is 1. The van der Waals surface area contributed by atoms with Crippen molar-refractivity contribution in [3.8, 4) is 17.0 Å². The summed E-state index contributed by atoms with van der Waals surface area (Å²) in [6.45, 7) is 4.20. The van der Waals surface area contributed by atoms with Crippen molar-refractivity contribution in [2.45, 2.75) is 4.90 Å².